The first-order chi connectivity index (χ1) is 17.9. The number of carbonyl (C=O) groups excluding carboxylic acids is 3. The van der Waals surface area contributed by atoms with E-state index in [1.165, 1.54) is 24.3 Å². The molecule has 2 N–H and O–H groups in total. The van der Waals surface area contributed by atoms with Crippen molar-refractivity contribution in [2.45, 2.75) is 43.2 Å². The van der Waals surface area contributed by atoms with Crippen LogP contribution in [-0.4, -0.2) is 35.1 Å². The second-order valence-corrected chi connectivity index (χ2v) is 10.5. The fourth-order valence-corrected chi connectivity index (χ4v) is 7.64. The third kappa shape index (κ3) is 2.55. The minimum absolute atomic E-state index is 0.242. The number of aryl methyl sites for hydroxylation is 1. The first kappa shape index (κ1) is 22.4. The molecule has 4 atom stereocenters. The maximum absolute atomic E-state index is 14.4. The molecule has 186 valence electrons. The lowest BCUT2D eigenvalue weighted by molar-refractivity contribution is -0.137. The number of amides is 2. The first-order valence-corrected chi connectivity index (χ1v) is 12.9. The SMILES string of the molecule is CCc1ccc2c(c1)[C@]1(C(=O)N2)N2CCC[C@H]2[C@@H](C(=O)c2ccc(F)cc2)[C@]12C(=O)Nc1ccccc12. The second kappa shape index (κ2) is 7.59. The molecule has 2 amide bonds. The Morgan fingerprint density at radius 2 is 1.70 bits per heavy atom. The number of fused-ring (bicyclic) bond motifs is 7. The number of ketones is 1. The Bertz CT molecular complexity index is 1500. The number of carbonyl (C=O) groups is 3. The van der Waals surface area contributed by atoms with E-state index in [4.69, 9.17) is 0 Å². The van der Waals surface area contributed by atoms with E-state index in [0.717, 1.165) is 24.0 Å². The van der Waals surface area contributed by atoms with Gasteiger partial charge >= 0.3 is 0 Å². The molecular formula is C30H26FN3O3. The molecule has 6 nitrogen and oxygen atoms in total. The molecule has 0 aromatic heterocycles. The van der Waals surface area contributed by atoms with Crippen LogP contribution in [0.15, 0.2) is 66.7 Å². The topological polar surface area (TPSA) is 78.5 Å². The number of halogens is 1. The van der Waals surface area contributed by atoms with Crippen LogP contribution in [0.4, 0.5) is 15.8 Å². The minimum Gasteiger partial charge on any atom is -0.325 e. The van der Waals surface area contributed by atoms with Crippen LogP contribution < -0.4 is 10.6 Å². The first-order valence-electron chi connectivity index (χ1n) is 12.9. The summed E-state index contributed by atoms with van der Waals surface area (Å²) in [5.41, 5.74) is 1.25. The predicted octanol–water partition coefficient (Wildman–Crippen LogP) is 4.40. The molecule has 4 aliphatic heterocycles. The van der Waals surface area contributed by atoms with Crippen LogP contribution in [0.1, 0.15) is 46.8 Å². The second-order valence-electron chi connectivity index (χ2n) is 10.5. The minimum atomic E-state index is -1.48. The Kier molecular flexibility index (Phi) is 4.59. The smallest absolute Gasteiger partial charge is 0.251 e. The van der Waals surface area contributed by atoms with Gasteiger partial charge in [-0.15, -0.1) is 0 Å². The van der Waals surface area contributed by atoms with E-state index in [9.17, 15) is 18.8 Å². The van der Waals surface area contributed by atoms with E-state index < -0.39 is 22.7 Å². The fraction of sp³-hybridized carbons (Fsp3) is 0.300. The van der Waals surface area contributed by atoms with Crippen LogP contribution in [0, 0.1) is 11.7 Å². The van der Waals surface area contributed by atoms with Gasteiger partial charge in [0.05, 0.1) is 5.92 Å². The summed E-state index contributed by atoms with van der Waals surface area (Å²) in [5, 5.41) is 6.12. The number of hydrogen-bond donors (Lipinski definition) is 2. The van der Waals surface area contributed by atoms with Crippen molar-refractivity contribution in [2.24, 2.45) is 5.92 Å². The number of nitrogens with zero attached hydrogens (tertiary/aromatic N) is 1. The maximum Gasteiger partial charge on any atom is 0.251 e. The number of rotatable bonds is 3. The van der Waals surface area contributed by atoms with Crippen molar-refractivity contribution in [1.29, 1.82) is 0 Å². The number of nitrogens with one attached hydrogen (secondary N) is 2. The molecule has 2 saturated heterocycles. The van der Waals surface area contributed by atoms with E-state index >= 15 is 0 Å². The highest BCUT2D eigenvalue weighted by atomic mass is 19.1. The van der Waals surface area contributed by atoms with Crippen molar-refractivity contribution in [1.82, 2.24) is 4.90 Å². The highest BCUT2D eigenvalue weighted by Gasteiger charge is 2.81. The van der Waals surface area contributed by atoms with E-state index in [-0.39, 0.29) is 23.6 Å². The molecule has 0 aliphatic carbocycles. The molecule has 0 bridgehead atoms. The largest absolute Gasteiger partial charge is 0.325 e. The molecule has 4 heterocycles. The van der Waals surface area contributed by atoms with E-state index in [2.05, 4.69) is 22.5 Å². The van der Waals surface area contributed by atoms with Gasteiger partial charge in [0.2, 0.25) is 5.91 Å². The number of Topliss-reactive ketones (excluding diaryl/α,β-unsaturated/α-hetero) is 1. The quantitative estimate of drug-likeness (QED) is 0.528. The Balaban J connectivity index is 1.58. The van der Waals surface area contributed by atoms with E-state index in [1.807, 2.05) is 42.5 Å². The summed E-state index contributed by atoms with van der Waals surface area (Å²) in [6.07, 6.45) is 2.27. The zero-order valence-corrected chi connectivity index (χ0v) is 20.4. The third-order valence-corrected chi connectivity index (χ3v) is 8.98. The lowest BCUT2D eigenvalue weighted by Crippen LogP contribution is -2.62. The van der Waals surface area contributed by atoms with Crippen molar-refractivity contribution in [3.05, 3.63) is 94.8 Å². The molecule has 3 aromatic rings. The standard InChI is InChI=1S/C30H26FN3O3/c1-2-17-9-14-23-21(16-17)30(28(37)33-23)29(20-6-3-4-7-22(20)32-27(29)36)25(24-8-5-15-34(24)30)26(35)18-10-12-19(31)13-11-18/h3-4,6-7,9-14,16,24-25H,2,5,8,15H2,1H3,(H,32,36)(H,33,37)/t24-,25-,29+,30+/m0/s1. The normalized spacial score (nSPS) is 29.4. The molecule has 4 aliphatic rings. The molecular weight excluding hydrogens is 469 g/mol. The number of anilines is 2. The zero-order chi connectivity index (χ0) is 25.5. The number of para-hydroxylation sites is 1. The molecule has 2 fully saturated rings. The Labute approximate surface area is 213 Å². The van der Waals surface area contributed by atoms with Gasteiger partial charge < -0.3 is 10.6 Å². The Hall–Kier alpha value is -3.84. The Morgan fingerprint density at radius 1 is 0.973 bits per heavy atom. The molecule has 7 rings (SSSR count). The van der Waals surface area contributed by atoms with Gasteiger partial charge in [0.25, 0.3) is 5.91 Å². The van der Waals surface area contributed by atoms with Gasteiger partial charge in [-0.05, 0) is 73.3 Å². The van der Waals surface area contributed by atoms with Crippen molar-refractivity contribution in [2.75, 3.05) is 17.2 Å². The summed E-state index contributed by atoms with van der Waals surface area (Å²) >= 11 is 0. The fourth-order valence-electron chi connectivity index (χ4n) is 7.64. The lowest BCUT2D eigenvalue weighted by Gasteiger charge is -2.43. The molecule has 0 saturated carbocycles. The van der Waals surface area contributed by atoms with Crippen molar-refractivity contribution < 1.29 is 18.8 Å². The molecule has 0 unspecified atom stereocenters. The summed E-state index contributed by atoms with van der Waals surface area (Å²) in [6.45, 7) is 2.65. The van der Waals surface area contributed by atoms with Crippen LogP contribution >= 0.6 is 0 Å². The lowest BCUT2D eigenvalue weighted by atomic mass is 9.57. The van der Waals surface area contributed by atoms with E-state index in [1.54, 1.807) is 0 Å². The Morgan fingerprint density at radius 3 is 2.49 bits per heavy atom. The van der Waals surface area contributed by atoms with Gasteiger partial charge in [0.15, 0.2) is 5.78 Å². The number of hydrogen-bond acceptors (Lipinski definition) is 4. The average molecular weight is 496 g/mol. The highest BCUT2D eigenvalue weighted by molar-refractivity contribution is 6.21. The van der Waals surface area contributed by atoms with Crippen LogP contribution in [0.25, 0.3) is 0 Å². The molecule has 2 spiro atoms. The van der Waals surface area contributed by atoms with Gasteiger partial charge in [0, 0.05) is 28.5 Å². The van der Waals surface area contributed by atoms with Gasteiger partial charge in [-0.25, -0.2) is 4.39 Å². The van der Waals surface area contributed by atoms with Crippen LogP contribution in [0.2, 0.25) is 0 Å². The predicted molar refractivity (Wildman–Crippen MR) is 137 cm³/mol. The molecule has 37 heavy (non-hydrogen) atoms. The maximum atomic E-state index is 14.4. The summed E-state index contributed by atoms with van der Waals surface area (Å²) < 4.78 is 13.8. The van der Waals surface area contributed by atoms with Gasteiger partial charge in [-0.2, -0.15) is 0 Å². The van der Waals surface area contributed by atoms with Crippen molar-refractivity contribution in [3.63, 3.8) is 0 Å². The molecule has 3 aromatic carbocycles. The summed E-state index contributed by atoms with van der Waals surface area (Å²) in [4.78, 5) is 45.4. The summed E-state index contributed by atoms with van der Waals surface area (Å²) in [7, 11) is 0. The number of benzene rings is 3. The zero-order valence-electron chi connectivity index (χ0n) is 20.4. The van der Waals surface area contributed by atoms with Crippen LogP contribution in [0.5, 0.6) is 0 Å². The van der Waals surface area contributed by atoms with Crippen molar-refractivity contribution in [3.8, 4) is 0 Å². The molecule has 0 radical (unpaired) electrons. The van der Waals surface area contributed by atoms with Gasteiger partial charge in [-0.1, -0.05) is 37.3 Å². The van der Waals surface area contributed by atoms with E-state index in [0.29, 0.717) is 35.5 Å². The average Bonchev–Trinajstić information content (AvgIpc) is 3.62. The summed E-state index contributed by atoms with van der Waals surface area (Å²) in [5.74, 6) is -2.12. The van der Waals surface area contributed by atoms with Crippen LogP contribution in [-0.2, 0) is 27.0 Å². The van der Waals surface area contributed by atoms with Gasteiger partial charge in [-0.3, -0.25) is 19.3 Å². The van der Waals surface area contributed by atoms with Crippen molar-refractivity contribution >= 4 is 29.0 Å². The van der Waals surface area contributed by atoms with Crippen LogP contribution in [0.3, 0.4) is 0 Å². The third-order valence-electron chi connectivity index (χ3n) is 8.98. The monoisotopic (exact) mass is 495 g/mol. The summed E-state index contributed by atoms with van der Waals surface area (Å²) in [6, 6.07) is 18.5. The molecule has 7 heteroatoms. The van der Waals surface area contributed by atoms with Gasteiger partial charge in [0.1, 0.15) is 16.8 Å². The highest BCUT2D eigenvalue weighted by Crippen LogP contribution is 2.67.